The smallest absolute Gasteiger partial charge is 0.0351 e. The molecule has 0 bridgehead atoms. The summed E-state index contributed by atoms with van der Waals surface area (Å²) in [6.45, 7) is 2.52. The van der Waals surface area contributed by atoms with E-state index in [1.54, 1.807) is 0 Å². The predicted octanol–water partition coefficient (Wildman–Crippen LogP) is 2.03. The van der Waals surface area contributed by atoms with Crippen molar-refractivity contribution >= 4 is 0 Å². The van der Waals surface area contributed by atoms with Crippen molar-refractivity contribution < 1.29 is 0 Å². The molecule has 0 spiro atoms. The van der Waals surface area contributed by atoms with Crippen LogP contribution in [0.2, 0.25) is 0 Å². The molecule has 1 radical (unpaired) electrons. The van der Waals surface area contributed by atoms with Crippen LogP contribution in [0.15, 0.2) is 24.3 Å². The molecular formula is C9H12N. The van der Waals surface area contributed by atoms with Gasteiger partial charge < -0.3 is 0 Å². The fourth-order valence-corrected chi connectivity index (χ4v) is 0.960. The molecule has 1 aromatic rings. The molecule has 10 heavy (non-hydrogen) atoms. The topological polar surface area (TPSA) is 23.8 Å². The van der Waals surface area contributed by atoms with E-state index < -0.39 is 0 Å². The van der Waals surface area contributed by atoms with Crippen molar-refractivity contribution in [2.75, 3.05) is 0 Å². The van der Waals surface area contributed by atoms with E-state index in [-0.39, 0.29) is 0 Å². The minimum Gasteiger partial charge on any atom is -0.253 e. The zero-order chi connectivity index (χ0) is 7.40. The van der Waals surface area contributed by atoms with Crippen LogP contribution in [0.25, 0.3) is 0 Å². The Hall–Kier alpha value is -0.820. The molecule has 0 fully saturated rings. The van der Waals surface area contributed by atoms with Crippen LogP contribution in [0.5, 0.6) is 0 Å². The van der Waals surface area contributed by atoms with Crippen LogP contribution < -0.4 is 5.73 Å². The highest BCUT2D eigenvalue weighted by molar-refractivity contribution is 5.22. The van der Waals surface area contributed by atoms with Crippen LogP contribution in [-0.2, 0) is 13.0 Å². The second-order valence-electron chi connectivity index (χ2n) is 2.35. The maximum absolute atomic E-state index is 7.12. The largest absolute Gasteiger partial charge is 0.253 e. The molecule has 1 heteroatoms. The lowest BCUT2D eigenvalue weighted by Gasteiger charge is -1.98. The number of nitrogens with one attached hydrogen (secondary N) is 1. The van der Waals surface area contributed by atoms with Gasteiger partial charge in [-0.3, -0.25) is 5.73 Å². The molecule has 0 heterocycles. The first-order valence-electron chi connectivity index (χ1n) is 3.59. The first-order chi connectivity index (χ1) is 4.86. The Balaban J connectivity index is 2.87. The fourth-order valence-electron chi connectivity index (χ4n) is 0.960. The molecule has 1 rings (SSSR count). The highest BCUT2D eigenvalue weighted by atomic mass is 14.5. The van der Waals surface area contributed by atoms with E-state index in [4.69, 9.17) is 5.73 Å². The summed E-state index contributed by atoms with van der Waals surface area (Å²) in [4.78, 5) is 0. The number of benzene rings is 1. The Bertz CT molecular complexity index is 186. The van der Waals surface area contributed by atoms with Gasteiger partial charge in [-0.15, -0.1) is 0 Å². The Morgan fingerprint density at radius 3 is 2.60 bits per heavy atom. The van der Waals surface area contributed by atoms with Gasteiger partial charge in [0.15, 0.2) is 0 Å². The monoisotopic (exact) mass is 134 g/mol. The van der Waals surface area contributed by atoms with Crippen LogP contribution >= 0.6 is 0 Å². The molecule has 1 aromatic carbocycles. The van der Waals surface area contributed by atoms with Gasteiger partial charge in [-0.05, 0) is 17.5 Å². The lowest BCUT2D eigenvalue weighted by atomic mass is 10.1. The summed E-state index contributed by atoms with van der Waals surface area (Å²) >= 11 is 0. The van der Waals surface area contributed by atoms with E-state index in [1.165, 1.54) is 5.56 Å². The van der Waals surface area contributed by atoms with Gasteiger partial charge in [-0.1, -0.05) is 31.2 Å². The summed E-state index contributed by atoms with van der Waals surface area (Å²) < 4.78 is 0. The van der Waals surface area contributed by atoms with Crippen molar-refractivity contribution in [1.29, 1.82) is 0 Å². The highest BCUT2D eigenvalue weighted by Crippen LogP contribution is 2.04. The first kappa shape index (κ1) is 7.29. The average molecular weight is 134 g/mol. The summed E-state index contributed by atoms with van der Waals surface area (Å²) in [6.07, 6.45) is 1.06. The second-order valence-corrected chi connectivity index (χ2v) is 2.35. The third kappa shape index (κ3) is 1.58. The van der Waals surface area contributed by atoms with Crippen LogP contribution in [-0.4, -0.2) is 0 Å². The first-order valence-corrected chi connectivity index (χ1v) is 3.59. The van der Waals surface area contributed by atoms with Gasteiger partial charge in [0.05, 0.1) is 0 Å². The Morgan fingerprint density at radius 1 is 1.30 bits per heavy atom. The molecule has 0 saturated heterocycles. The maximum Gasteiger partial charge on any atom is 0.0351 e. The lowest BCUT2D eigenvalue weighted by Crippen LogP contribution is -1.86. The number of aryl methyl sites for hydroxylation is 1. The third-order valence-electron chi connectivity index (χ3n) is 1.60. The highest BCUT2D eigenvalue weighted by Gasteiger charge is 1.90. The Morgan fingerprint density at radius 2 is 2.00 bits per heavy atom. The van der Waals surface area contributed by atoms with Gasteiger partial charge in [0.25, 0.3) is 0 Å². The quantitative estimate of drug-likeness (QED) is 0.591. The normalized spacial score (nSPS) is 9.80. The van der Waals surface area contributed by atoms with Gasteiger partial charge in [-0.2, -0.15) is 0 Å². The van der Waals surface area contributed by atoms with Crippen molar-refractivity contribution in [3.63, 3.8) is 0 Å². The number of rotatable bonds is 2. The molecule has 1 N–H and O–H groups in total. The average Bonchev–Trinajstić information content (AvgIpc) is 2.05. The van der Waals surface area contributed by atoms with Crippen LogP contribution in [0.4, 0.5) is 0 Å². The minimum atomic E-state index is 0.397. The fraction of sp³-hybridized carbons (Fsp3) is 0.333. The molecule has 0 saturated carbocycles. The summed E-state index contributed by atoms with van der Waals surface area (Å²) in [5, 5.41) is 0. The van der Waals surface area contributed by atoms with Gasteiger partial charge >= 0.3 is 0 Å². The molecule has 0 aliphatic carbocycles. The van der Waals surface area contributed by atoms with Crippen LogP contribution in [0.3, 0.4) is 0 Å². The Labute approximate surface area is 61.9 Å². The van der Waals surface area contributed by atoms with Crippen molar-refractivity contribution in [3.8, 4) is 0 Å². The lowest BCUT2D eigenvalue weighted by molar-refractivity contribution is 1.01. The minimum absolute atomic E-state index is 0.397. The standard InChI is InChI=1S/C9H12N/c1-2-8-4-3-5-9(6-8)7-10/h3-6,10H,2,7H2,1H3. The molecule has 0 aromatic heterocycles. The van der Waals surface area contributed by atoms with E-state index >= 15 is 0 Å². The molecule has 0 aliphatic heterocycles. The van der Waals surface area contributed by atoms with E-state index in [1.807, 2.05) is 12.1 Å². The molecular weight excluding hydrogens is 122 g/mol. The van der Waals surface area contributed by atoms with Gasteiger partial charge in [0.1, 0.15) is 0 Å². The van der Waals surface area contributed by atoms with E-state index in [0.717, 1.165) is 12.0 Å². The van der Waals surface area contributed by atoms with Gasteiger partial charge in [0.2, 0.25) is 0 Å². The second kappa shape index (κ2) is 3.37. The SMILES string of the molecule is CCc1cccc(C[NH])c1. The van der Waals surface area contributed by atoms with Crippen molar-refractivity contribution in [1.82, 2.24) is 5.73 Å². The molecule has 53 valence electrons. The van der Waals surface area contributed by atoms with E-state index in [9.17, 15) is 0 Å². The van der Waals surface area contributed by atoms with Crippen LogP contribution in [0, 0.1) is 0 Å². The van der Waals surface area contributed by atoms with Crippen molar-refractivity contribution in [2.24, 2.45) is 0 Å². The van der Waals surface area contributed by atoms with Crippen molar-refractivity contribution in [2.45, 2.75) is 19.9 Å². The summed E-state index contributed by atoms with van der Waals surface area (Å²) in [7, 11) is 0. The van der Waals surface area contributed by atoms with E-state index in [0.29, 0.717) is 6.54 Å². The van der Waals surface area contributed by atoms with Crippen LogP contribution in [0.1, 0.15) is 18.1 Å². The molecule has 0 unspecified atom stereocenters. The van der Waals surface area contributed by atoms with E-state index in [2.05, 4.69) is 19.1 Å². The Kier molecular flexibility index (Phi) is 2.46. The zero-order valence-corrected chi connectivity index (χ0v) is 6.22. The molecule has 1 nitrogen and oxygen atoms in total. The third-order valence-corrected chi connectivity index (χ3v) is 1.60. The van der Waals surface area contributed by atoms with Gasteiger partial charge in [0, 0.05) is 6.54 Å². The van der Waals surface area contributed by atoms with Gasteiger partial charge in [-0.25, -0.2) is 0 Å². The maximum atomic E-state index is 7.12. The summed E-state index contributed by atoms with van der Waals surface area (Å²) in [5.74, 6) is 0. The molecule has 0 atom stereocenters. The summed E-state index contributed by atoms with van der Waals surface area (Å²) in [6, 6.07) is 8.20. The predicted molar refractivity (Wildman–Crippen MR) is 42.6 cm³/mol. The number of hydrogen-bond acceptors (Lipinski definition) is 0. The number of hydrogen-bond donors (Lipinski definition) is 0. The van der Waals surface area contributed by atoms with Crippen molar-refractivity contribution in [3.05, 3.63) is 35.4 Å². The molecule has 0 amide bonds. The summed E-state index contributed by atoms with van der Waals surface area (Å²) in [5.41, 5.74) is 9.55. The zero-order valence-electron chi connectivity index (χ0n) is 6.22. The molecule has 0 aliphatic rings.